The van der Waals surface area contributed by atoms with Gasteiger partial charge in [0.05, 0.1) is 17.4 Å². The van der Waals surface area contributed by atoms with E-state index in [1.54, 1.807) is 12.4 Å². The lowest BCUT2D eigenvalue weighted by molar-refractivity contribution is 0.205. The highest BCUT2D eigenvalue weighted by molar-refractivity contribution is 5.86. The predicted molar refractivity (Wildman–Crippen MR) is 109 cm³/mol. The zero-order valence-corrected chi connectivity index (χ0v) is 16.4. The molecule has 0 saturated heterocycles. The molecule has 142 valence electrons. The number of rotatable bonds is 4. The van der Waals surface area contributed by atoms with E-state index in [0.717, 1.165) is 33.3 Å². The molecule has 1 aliphatic rings. The van der Waals surface area contributed by atoms with Gasteiger partial charge in [-0.05, 0) is 66.8 Å². The molecule has 3 aromatic rings. The minimum absolute atomic E-state index is 0.139. The van der Waals surface area contributed by atoms with Crippen molar-refractivity contribution in [3.8, 4) is 11.1 Å². The molecule has 3 nitrogen and oxygen atoms in total. The van der Waals surface area contributed by atoms with Crippen LogP contribution in [0.3, 0.4) is 0 Å². The van der Waals surface area contributed by atoms with Crippen molar-refractivity contribution in [2.45, 2.75) is 59.0 Å². The Labute approximate surface area is 160 Å². The fourth-order valence-electron chi connectivity index (χ4n) is 4.18. The summed E-state index contributed by atoms with van der Waals surface area (Å²) in [4.78, 5) is 7.46. The number of halogens is 1. The maximum atomic E-state index is 14.7. The van der Waals surface area contributed by atoms with Gasteiger partial charge >= 0.3 is 0 Å². The van der Waals surface area contributed by atoms with Crippen LogP contribution in [0.5, 0.6) is 0 Å². The van der Waals surface area contributed by atoms with Crippen molar-refractivity contribution in [1.29, 1.82) is 0 Å². The molecule has 2 aromatic carbocycles. The molecule has 1 heterocycles. The van der Waals surface area contributed by atoms with Crippen LogP contribution in [0.1, 0.15) is 50.7 Å². The van der Waals surface area contributed by atoms with Crippen LogP contribution in [0.2, 0.25) is 0 Å². The van der Waals surface area contributed by atoms with E-state index in [1.807, 2.05) is 31.2 Å². The van der Waals surface area contributed by atoms with Gasteiger partial charge in [-0.25, -0.2) is 9.37 Å². The van der Waals surface area contributed by atoms with Gasteiger partial charge in [0.25, 0.3) is 0 Å². The second-order valence-corrected chi connectivity index (χ2v) is 8.66. The molecule has 0 bridgehead atoms. The number of nitrogens with one attached hydrogen (secondary N) is 2. The Balaban J connectivity index is 1.48. The van der Waals surface area contributed by atoms with Crippen LogP contribution >= 0.6 is 0 Å². The summed E-state index contributed by atoms with van der Waals surface area (Å²) < 4.78 is 14.7. The Bertz CT molecular complexity index is 947. The molecule has 1 saturated carbocycles. The highest BCUT2D eigenvalue weighted by Crippen LogP contribution is 2.35. The molecule has 0 amide bonds. The number of hydrogen-bond acceptors (Lipinski definition) is 2. The van der Waals surface area contributed by atoms with Crippen molar-refractivity contribution in [2.75, 3.05) is 0 Å². The van der Waals surface area contributed by atoms with Gasteiger partial charge in [0.15, 0.2) is 0 Å². The topological polar surface area (TPSA) is 40.7 Å². The second-order valence-electron chi connectivity index (χ2n) is 8.66. The van der Waals surface area contributed by atoms with Crippen LogP contribution in [0.25, 0.3) is 22.2 Å². The van der Waals surface area contributed by atoms with Crippen LogP contribution in [0.4, 0.5) is 4.39 Å². The fraction of sp³-hybridized carbons (Fsp3) is 0.435. The van der Waals surface area contributed by atoms with Gasteiger partial charge in [-0.15, -0.1) is 0 Å². The number of aromatic nitrogens is 2. The van der Waals surface area contributed by atoms with Gasteiger partial charge in [0, 0.05) is 18.2 Å². The number of fused-ring (bicyclic) bond motifs is 1. The molecule has 0 atom stereocenters. The molecule has 27 heavy (non-hydrogen) atoms. The molecule has 1 aliphatic carbocycles. The summed E-state index contributed by atoms with van der Waals surface area (Å²) in [6, 6.07) is 10.1. The molecule has 4 heteroatoms. The zero-order chi connectivity index (χ0) is 19.0. The van der Waals surface area contributed by atoms with Crippen LogP contribution in [-0.2, 0) is 6.54 Å². The first-order chi connectivity index (χ1) is 12.9. The second kappa shape index (κ2) is 7.08. The molecule has 4 rings (SSSR count). The fourth-order valence-corrected chi connectivity index (χ4v) is 4.18. The van der Waals surface area contributed by atoms with Gasteiger partial charge in [-0.3, -0.25) is 0 Å². The number of nitrogens with zero attached hydrogens (tertiary/aromatic N) is 1. The standard InChI is InChI=1S/C23H28FN3/c1-15-19(6-7-21-22(15)27-14-26-21)16-4-5-17(20(24)12-16)13-25-18-8-10-23(2,3)11-9-18/h4-7,12,14,18,25H,8-11,13H2,1-3H3,(H,26,27). The third-order valence-electron chi connectivity index (χ3n) is 6.14. The van der Waals surface area contributed by atoms with E-state index in [-0.39, 0.29) is 5.82 Å². The van der Waals surface area contributed by atoms with Crippen LogP contribution in [0, 0.1) is 18.2 Å². The third kappa shape index (κ3) is 3.77. The molecular weight excluding hydrogens is 337 g/mol. The minimum Gasteiger partial charge on any atom is -0.344 e. The smallest absolute Gasteiger partial charge is 0.128 e. The summed E-state index contributed by atoms with van der Waals surface area (Å²) in [5, 5.41) is 3.55. The van der Waals surface area contributed by atoms with Gasteiger partial charge in [-0.1, -0.05) is 32.0 Å². The van der Waals surface area contributed by atoms with Crippen molar-refractivity contribution in [3.05, 3.63) is 53.6 Å². The summed E-state index contributed by atoms with van der Waals surface area (Å²) in [5.41, 5.74) is 6.19. The molecule has 0 aliphatic heterocycles. The predicted octanol–water partition coefficient (Wildman–Crippen LogP) is 5.74. The van der Waals surface area contributed by atoms with Crippen molar-refractivity contribution in [2.24, 2.45) is 5.41 Å². The Kier molecular flexibility index (Phi) is 4.77. The summed E-state index contributed by atoms with van der Waals surface area (Å²) in [6.07, 6.45) is 6.53. The number of aryl methyl sites for hydroxylation is 1. The SMILES string of the molecule is Cc1c(-c2ccc(CNC3CCC(C)(C)CC3)c(F)c2)ccc2nc[nH]c12. The number of aromatic amines is 1. The van der Waals surface area contributed by atoms with Gasteiger partial charge in [-0.2, -0.15) is 0 Å². The summed E-state index contributed by atoms with van der Waals surface area (Å²) >= 11 is 0. The average Bonchev–Trinajstić information content (AvgIpc) is 3.12. The van der Waals surface area contributed by atoms with Crippen LogP contribution in [-0.4, -0.2) is 16.0 Å². The van der Waals surface area contributed by atoms with Crippen LogP contribution in [0.15, 0.2) is 36.7 Å². The average molecular weight is 365 g/mol. The molecule has 0 unspecified atom stereocenters. The molecule has 0 spiro atoms. The largest absolute Gasteiger partial charge is 0.344 e. The highest BCUT2D eigenvalue weighted by Gasteiger charge is 2.26. The first-order valence-electron chi connectivity index (χ1n) is 9.88. The van der Waals surface area contributed by atoms with E-state index in [1.165, 1.54) is 25.7 Å². The first kappa shape index (κ1) is 18.2. The van der Waals surface area contributed by atoms with E-state index in [0.29, 0.717) is 18.0 Å². The molecule has 1 aromatic heterocycles. The monoisotopic (exact) mass is 365 g/mol. The van der Waals surface area contributed by atoms with Crippen LogP contribution < -0.4 is 5.32 Å². The van der Waals surface area contributed by atoms with Crippen molar-refractivity contribution < 1.29 is 4.39 Å². The Morgan fingerprint density at radius 1 is 1.19 bits per heavy atom. The summed E-state index contributed by atoms with van der Waals surface area (Å²) in [7, 11) is 0. The Morgan fingerprint density at radius 3 is 2.70 bits per heavy atom. The highest BCUT2D eigenvalue weighted by atomic mass is 19.1. The number of hydrogen-bond donors (Lipinski definition) is 2. The maximum Gasteiger partial charge on any atom is 0.128 e. The van der Waals surface area contributed by atoms with Gasteiger partial charge < -0.3 is 10.3 Å². The third-order valence-corrected chi connectivity index (χ3v) is 6.14. The van der Waals surface area contributed by atoms with E-state index in [4.69, 9.17) is 0 Å². The number of benzene rings is 2. The maximum absolute atomic E-state index is 14.7. The van der Waals surface area contributed by atoms with Crippen molar-refractivity contribution in [1.82, 2.24) is 15.3 Å². The lowest BCUT2D eigenvalue weighted by Gasteiger charge is -2.34. The molecular formula is C23H28FN3. The Hall–Kier alpha value is -2.20. The van der Waals surface area contributed by atoms with E-state index >= 15 is 0 Å². The zero-order valence-electron chi connectivity index (χ0n) is 16.4. The lowest BCUT2D eigenvalue weighted by Crippen LogP contribution is -2.35. The quantitative estimate of drug-likeness (QED) is 0.619. The van der Waals surface area contributed by atoms with Gasteiger partial charge in [0.1, 0.15) is 5.82 Å². The molecule has 2 N–H and O–H groups in total. The van der Waals surface area contributed by atoms with E-state index in [9.17, 15) is 4.39 Å². The van der Waals surface area contributed by atoms with E-state index < -0.39 is 0 Å². The van der Waals surface area contributed by atoms with E-state index in [2.05, 4.69) is 29.1 Å². The summed E-state index contributed by atoms with van der Waals surface area (Å²) in [5.74, 6) is -0.139. The van der Waals surface area contributed by atoms with Gasteiger partial charge in [0.2, 0.25) is 0 Å². The lowest BCUT2D eigenvalue weighted by atomic mass is 9.75. The first-order valence-corrected chi connectivity index (χ1v) is 9.88. The van der Waals surface area contributed by atoms with Crippen molar-refractivity contribution >= 4 is 11.0 Å². The van der Waals surface area contributed by atoms with Crippen molar-refractivity contribution in [3.63, 3.8) is 0 Å². The number of imidazole rings is 1. The molecule has 0 radical (unpaired) electrons. The molecule has 1 fully saturated rings. The summed E-state index contributed by atoms with van der Waals surface area (Å²) in [6.45, 7) is 7.32. The Morgan fingerprint density at radius 2 is 1.96 bits per heavy atom. The normalized spacial score (nSPS) is 17.5. The minimum atomic E-state index is -0.139. The number of H-pyrrole nitrogens is 1.